The molecule has 0 spiro atoms. The summed E-state index contributed by atoms with van der Waals surface area (Å²) in [4.78, 5) is 34.5. The SMILES string of the molecule is Cc1nc(N2CCC(N(C)C)CC2)nc2ncc(NC(=O)COc3ccc(C(F)(F)F)cc3)nc12. The molecule has 1 N–H and O–H groups in total. The van der Waals surface area contributed by atoms with E-state index in [2.05, 4.69) is 49.1 Å². The quantitative estimate of drug-likeness (QED) is 0.564. The number of hydrogen-bond acceptors (Lipinski definition) is 8. The van der Waals surface area contributed by atoms with E-state index in [1.807, 2.05) is 6.92 Å². The molecule has 3 heterocycles. The zero-order valence-electron chi connectivity index (χ0n) is 19.6. The summed E-state index contributed by atoms with van der Waals surface area (Å²) in [7, 11) is 4.17. The molecule has 2 aromatic heterocycles. The average Bonchev–Trinajstić information content (AvgIpc) is 2.83. The Hall–Kier alpha value is -3.54. The molecule has 1 aromatic carbocycles. The fourth-order valence-corrected chi connectivity index (χ4v) is 3.88. The van der Waals surface area contributed by atoms with E-state index in [-0.39, 0.29) is 11.6 Å². The Bertz CT molecular complexity index is 1190. The van der Waals surface area contributed by atoms with Gasteiger partial charge in [-0.3, -0.25) is 4.79 Å². The van der Waals surface area contributed by atoms with E-state index in [1.54, 1.807) is 0 Å². The van der Waals surface area contributed by atoms with Crippen molar-refractivity contribution in [3.63, 3.8) is 0 Å². The number of alkyl halides is 3. The third-order valence-corrected chi connectivity index (χ3v) is 5.87. The molecule has 0 bridgehead atoms. The Labute approximate surface area is 200 Å². The van der Waals surface area contributed by atoms with Crippen LogP contribution in [0.5, 0.6) is 5.75 Å². The minimum atomic E-state index is -4.43. The van der Waals surface area contributed by atoms with E-state index in [0.717, 1.165) is 50.2 Å². The van der Waals surface area contributed by atoms with Gasteiger partial charge in [-0.15, -0.1) is 0 Å². The second kappa shape index (κ2) is 9.98. The van der Waals surface area contributed by atoms with Crippen LogP contribution in [0.2, 0.25) is 0 Å². The number of rotatable bonds is 6. The van der Waals surface area contributed by atoms with Gasteiger partial charge < -0.3 is 19.9 Å². The minimum Gasteiger partial charge on any atom is -0.484 e. The maximum absolute atomic E-state index is 12.6. The van der Waals surface area contributed by atoms with Gasteiger partial charge >= 0.3 is 6.18 Å². The molecule has 9 nitrogen and oxygen atoms in total. The second-order valence-corrected chi connectivity index (χ2v) is 8.58. The van der Waals surface area contributed by atoms with Gasteiger partial charge in [0.1, 0.15) is 11.3 Å². The molecule has 4 rings (SSSR count). The van der Waals surface area contributed by atoms with E-state index in [4.69, 9.17) is 4.74 Å². The molecular weight excluding hydrogens is 463 g/mol. The summed E-state index contributed by atoms with van der Waals surface area (Å²) in [6.45, 7) is 3.12. The van der Waals surface area contributed by atoms with Gasteiger partial charge in [-0.2, -0.15) is 18.2 Å². The van der Waals surface area contributed by atoms with Gasteiger partial charge in [0.25, 0.3) is 5.91 Å². The van der Waals surface area contributed by atoms with Crippen LogP contribution in [0, 0.1) is 6.92 Å². The molecule has 1 amide bonds. The zero-order valence-corrected chi connectivity index (χ0v) is 19.6. The smallest absolute Gasteiger partial charge is 0.416 e. The summed E-state index contributed by atoms with van der Waals surface area (Å²) < 4.78 is 43.2. The number of hydrogen-bond donors (Lipinski definition) is 1. The van der Waals surface area contributed by atoms with E-state index in [9.17, 15) is 18.0 Å². The zero-order chi connectivity index (χ0) is 25.2. The molecule has 12 heteroatoms. The van der Waals surface area contributed by atoms with Crippen molar-refractivity contribution in [3.05, 3.63) is 41.7 Å². The van der Waals surface area contributed by atoms with Crippen LogP contribution >= 0.6 is 0 Å². The Morgan fingerprint density at radius 3 is 2.46 bits per heavy atom. The number of carbonyl (C=O) groups excluding carboxylic acids is 1. The Morgan fingerprint density at radius 2 is 1.83 bits per heavy atom. The van der Waals surface area contributed by atoms with Gasteiger partial charge in [0.15, 0.2) is 18.1 Å². The first-order valence-corrected chi connectivity index (χ1v) is 11.1. The third kappa shape index (κ3) is 5.94. The Morgan fingerprint density at radius 1 is 1.14 bits per heavy atom. The van der Waals surface area contributed by atoms with Crippen molar-refractivity contribution in [3.8, 4) is 5.75 Å². The van der Waals surface area contributed by atoms with Crippen molar-refractivity contribution < 1.29 is 22.7 Å². The van der Waals surface area contributed by atoms with E-state index >= 15 is 0 Å². The first kappa shape index (κ1) is 24.6. The van der Waals surface area contributed by atoms with Crippen LogP contribution in [-0.4, -0.2) is 70.6 Å². The van der Waals surface area contributed by atoms with Crippen LogP contribution in [0.4, 0.5) is 24.9 Å². The van der Waals surface area contributed by atoms with Gasteiger partial charge in [-0.1, -0.05) is 0 Å². The largest absolute Gasteiger partial charge is 0.484 e. The Balaban J connectivity index is 1.38. The number of nitrogens with one attached hydrogen (secondary N) is 1. The number of halogens is 3. The number of benzene rings is 1. The van der Waals surface area contributed by atoms with Crippen molar-refractivity contribution >= 4 is 28.8 Å². The van der Waals surface area contributed by atoms with Crippen LogP contribution in [0.15, 0.2) is 30.5 Å². The molecule has 1 fully saturated rings. The lowest BCUT2D eigenvalue weighted by Crippen LogP contribution is -2.42. The van der Waals surface area contributed by atoms with Crippen LogP contribution in [0.3, 0.4) is 0 Å². The molecule has 35 heavy (non-hydrogen) atoms. The fraction of sp³-hybridized carbons (Fsp3) is 0.435. The molecule has 0 aliphatic carbocycles. The molecule has 3 aromatic rings. The summed E-state index contributed by atoms with van der Waals surface area (Å²) in [6, 6.07) is 4.65. The lowest BCUT2D eigenvalue weighted by Gasteiger charge is -2.35. The molecule has 1 aliphatic heterocycles. The maximum atomic E-state index is 12.6. The first-order valence-electron chi connectivity index (χ1n) is 11.1. The molecule has 1 saturated heterocycles. The van der Waals surface area contributed by atoms with Crippen LogP contribution < -0.4 is 15.0 Å². The monoisotopic (exact) mass is 489 g/mol. The second-order valence-electron chi connectivity index (χ2n) is 8.58. The van der Waals surface area contributed by atoms with E-state index in [1.165, 1.54) is 6.20 Å². The summed E-state index contributed by atoms with van der Waals surface area (Å²) >= 11 is 0. The van der Waals surface area contributed by atoms with Gasteiger partial charge in [-0.05, 0) is 58.1 Å². The number of ether oxygens (including phenoxy) is 1. The highest BCUT2D eigenvalue weighted by Gasteiger charge is 2.30. The van der Waals surface area contributed by atoms with Crippen LogP contribution in [0.1, 0.15) is 24.1 Å². The van der Waals surface area contributed by atoms with Crippen molar-refractivity contribution in [2.75, 3.05) is 44.0 Å². The highest BCUT2D eigenvalue weighted by atomic mass is 19.4. The topological polar surface area (TPSA) is 96.4 Å². The van der Waals surface area contributed by atoms with Gasteiger partial charge in [0.05, 0.1) is 17.5 Å². The van der Waals surface area contributed by atoms with Crippen LogP contribution in [-0.2, 0) is 11.0 Å². The summed E-state index contributed by atoms with van der Waals surface area (Å²) in [5.41, 5.74) is 0.753. The predicted molar refractivity (Wildman–Crippen MR) is 124 cm³/mol. The average molecular weight is 490 g/mol. The number of aryl methyl sites for hydroxylation is 1. The lowest BCUT2D eigenvalue weighted by molar-refractivity contribution is -0.137. The lowest BCUT2D eigenvalue weighted by atomic mass is 10.0. The Kier molecular flexibility index (Phi) is 7.01. The highest BCUT2D eigenvalue weighted by Crippen LogP contribution is 2.30. The third-order valence-electron chi connectivity index (χ3n) is 5.87. The molecule has 1 aliphatic rings. The van der Waals surface area contributed by atoms with E-state index in [0.29, 0.717) is 28.8 Å². The number of anilines is 2. The molecule has 0 saturated carbocycles. The van der Waals surface area contributed by atoms with Crippen LogP contribution in [0.25, 0.3) is 11.2 Å². The summed E-state index contributed by atoms with van der Waals surface area (Å²) in [5, 5.41) is 2.57. The molecule has 0 radical (unpaired) electrons. The van der Waals surface area contributed by atoms with Crippen molar-refractivity contribution in [1.29, 1.82) is 0 Å². The first-order chi connectivity index (χ1) is 16.6. The normalized spacial score (nSPS) is 15.0. The standard InChI is InChI=1S/C23H26F3N7O2/c1-14-20-21(31-22(28-14)33-10-8-16(9-11-33)32(2)3)27-12-18(30-20)29-19(34)13-35-17-6-4-15(5-7-17)23(24,25)26/h4-7,12,16H,8-11,13H2,1-3H3,(H,29,30,34). The number of fused-ring (bicyclic) bond motifs is 1. The molecule has 186 valence electrons. The highest BCUT2D eigenvalue weighted by molar-refractivity contribution is 5.91. The summed E-state index contributed by atoms with van der Waals surface area (Å²) in [5.74, 6) is 0.426. The molecule has 0 atom stereocenters. The molecule has 0 unspecified atom stereocenters. The minimum absolute atomic E-state index is 0.143. The predicted octanol–water partition coefficient (Wildman–Crippen LogP) is 3.29. The number of aromatic nitrogens is 4. The number of nitrogens with zero attached hydrogens (tertiary/aromatic N) is 6. The summed E-state index contributed by atoms with van der Waals surface area (Å²) in [6.07, 6.45) is -0.986. The fourth-order valence-electron chi connectivity index (χ4n) is 3.88. The number of carbonyl (C=O) groups is 1. The van der Waals surface area contributed by atoms with Gasteiger partial charge in [0.2, 0.25) is 5.95 Å². The van der Waals surface area contributed by atoms with E-state index < -0.39 is 24.3 Å². The number of amides is 1. The number of piperidine rings is 1. The maximum Gasteiger partial charge on any atom is 0.416 e. The van der Waals surface area contributed by atoms with Gasteiger partial charge in [-0.25, -0.2) is 15.0 Å². The molecular formula is C23H26F3N7O2. The van der Waals surface area contributed by atoms with Gasteiger partial charge in [0, 0.05) is 19.1 Å². The van der Waals surface area contributed by atoms with Crippen molar-refractivity contribution in [2.24, 2.45) is 0 Å². The van der Waals surface area contributed by atoms with Crippen molar-refractivity contribution in [1.82, 2.24) is 24.8 Å². The van der Waals surface area contributed by atoms with Crippen molar-refractivity contribution in [2.45, 2.75) is 32.0 Å².